The summed E-state index contributed by atoms with van der Waals surface area (Å²) in [6.07, 6.45) is 0.894. The summed E-state index contributed by atoms with van der Waals surface area (Å²) in [6.45, 7) is 4.32. The lowest BCUT2D eigenvalue weighted by atomic mass is 9.96. The van der Waals surface area contributed by atoms with Crippen LogP contribution in [0.25, 0.3) is 0 Å². The Morgan fingerprint density at radius 2 is 1.68 bits per heavy atom. The Hall–Kier alpha value is -2.29. The molecular weight excluding hydrogens is 274 g/mol. The molecule has 0 saturated heterocycles. The molecule has 0 aliphatic carbocycles. The second-order valence-corrected chi connectivity index (χ2v) is 5.77. The number of para-hydroxylation sites is 1. The van der Waals surface area contributed by atoms with E-state index in [1.807, 2.05) is 30.3 Å². The Balaban J connectivity index is 2.21. The molecule has 0 bridgehead atoms. The van der Waals surface area contributed by atoms with Crippen molar-refractivity contribution in [3.05, 3.63) is 65.7 Å². The van der Waals surface area contributed by atoms with Crippen molar-refractivity contribution in [2.45, 2.75) is 26.3 Å². The number of carbonyl (C=O) groups excluding carboxylic acids is 1. The monoisotopic (exact) mass is 297 g/mol. The fourth-order valence-electron chi connectivity index (χ4n) is 2.50. The summed E-state index contributed by atoms with van der Waals surface area (Å²) in [4.78, 5) is 12.6. The van der Waals surface area contributed by atoms with E-state index in [9.17, 15) is 4.79 Å². The van der Waals surface area contributed by atoms with Gasteiger partial charge < -0.3 is 10.1 Å². The van der Waals surface area contributed by atoms with E-state index in [1.54, 1.807) is 19.2 Å². The van der Waals surface area contributed by atoms with Crippen LogP contribution < -0.4 is 10.1 Å². The summed E-state index contributed by atoms with van der Waals surface area (Å²) in [5, 5.41) is 3.14. The lowest BCUT2D eigenvalue weighted by Gasteiger charge is -2.21. The molecule has 2 rings (SSSR count). The van der Waals surface area contributed by atoms with Gasteiger partial charge >= 0.3 is 0 Å². The fourth-order valence-corrected chi connectivity index (χ4v) is 2.50. The van der Waals surface area contributed by atoms with E-state index in [0.29, 0.717) is 17.2 Å². The van der Waals surface area contributed by atoms with Crippen molar-refractivity contribution in [3.63, 3.8) is 0 Å². The number of hydrogen-bond acceptors (Lipinski definition) is 2. The zero-order chi connectivity index (χ0) is 15.9. The minimum Gasteiger partial charge on any atom is -0.496 e. The SMILES string of the molecule is COc1ccccc1C(=O)NC(CC(C)C)c1ccccc1. The summed E-state index contributed by atoms with van der Waals surface area (Å²) in [7, 11) is 1.58. The van der Waals surface area contributed by atoms with Gasteiger partial charge in [0.1, 0.15) is 5.75 Å². The lowest BCUT2D eigenvalue weighted by molar-refractivity contribution is 0.0929. The molecule has 116 valence electrons. The van der Waals surface area contributed by atoms with E-state index in [1.165, 1.54) is 0 Å². The predicted octanol–water partition coefficient (Wildman–Crippen LogP) is 4.21. The van der Waals surface area contributed by atoms with Gasteiger partial charge in [0.2, 0.25) is 0 Å². The first-order valence-electron chi connectivity index (χ1n) is 7.60. The Morgan fingerprint density at radius 1 is 1.05 bits per heavy atom. The quantitative estimate of drug-likeness (QED) is 0.867. The highest BCUT2D eigenvalue weighted by Gasteiger charge is 2.19. The summed E-state index contributed by atoms with van der Waals surface area (Å²) in [5.41, 5.74) is 1.69. The summed E-state index contributed by atoms with van der Waals surface area (Å²) >= 11 is 0. The first kappa shape index (κ1) is 16.1. The molecule has 0 fully saturated rings. The van der Waals surface area contributed by atoms with Gasteiger partial charge in [-0.05, 0) is 30.0 Å². The first-order chi connectivity index (χ1) is 10.6. The van der Waals surface area contributed by atoms with Gasteiger partial charge in [-0.25, -0.2) is 0 Å². The van der Waals surface area contributed by atoms with E-state index in [4.69, 9.17) is 4.74 Å². The van der Waals surface area contributed by atoms with Crippen LogP contribution in [0.1, 0.15) is 42.2 Å². The largest absolute Gasteiger partial charge is 0.496 e. The maximum Gasteiger partial charge on any atom is 0.255 e. The zero-order valence-corrected chi connectivity index (χ0v) is 13.4. The average molecular weight is 297 g/mol. The number of nitrogens with one attached hydrogen (secondary N) is 1. The van der Waals surface area contributed by atoms with Crippen LogP contribution in [-0.2, 0) is 0 Å². The van der Waals surface area contributed by atoms with Crippen molar-refractivity contribution in [2.75, 3.05) is 7.11 Å². The van der Waals surface area contributed by atoms with Crippen LogP contribution in [0.5, 0.6) is 5.75 Å². The van der Waals surface area contributed by atoms with E-state index >= 15 is 0 Å². The van der Waals surface area contributed by atoms with E-state index in [2.05, 4.69) is 31.3 Å². The maximum absolute atomic E-state index is 12.6. The van der Waals surface area contributed by atoms with Crippen molar-refractivity contribution in [2.24, 2.45) is 5.92 Å². The smallest absolute Gasteiger partial charge is 0.255 e. The topological polar surface area (TPSA) is 38.3 Å². The molecule has 1 atom stereocenters. The van der Waals surface area contributed by atoms with Crippen molar-refractivity contribution >= 4 is 5.91 Å². The normalized spacial score (nSPS) is 12.0. The van der Waals surface area contributed by atoms with Crippen molar-refractivity contribution in [3.8, 4) is 5.75 Å². The number of rotatable bonds is 6. The lowest BCUT2D eigenvalue weighted by Crippen LogP contribution is -2.29. The van der Waals surface area contributed by atoms with Crippen LogP contribution in [0.4, 0.5) is 0 Å². The minimum absolute atomic E-state index is 0.00128. The Labute approximate surface area is 132 Å². The number of ether oxygens (including phenoxy) is 1. The third-order valence-corrected chi connectivity index (χ3v) is 3.57. The van der Waals surface area contributed by atoms with Crippen molar-refractivity contribution in [1.82, 2.24) is 5.32 Å². The Bertz CT molecular complexity index is 608. The van der Waals surface area contributed by atoms with Crippen LogP contribution in [0.2, 0.25) is 0 Å². The number of methoxy groups -OCH3 is 1. The van der Waals surface area contributed by atoms with Crippen LogP contribution >= 0.6 is 0 Å². The summed E-state index contributed by atoms with van der Waals surface area (Å²) in [6, 6.07) is 17.4. The molecule has 0 spiro atoms. The molecule has 1 N–H and O–H groups in total. The number of benzene rings is 2. The molecule has 0 aliphatic rings. The van der Waals surface area contributed by atoms with Crippen LogP contribution in [0.15, 0.2) is 54.6 Å². The van der Waals surface area contributed by atoms with Gasteiger partial charge in [-0.1, -0.05) is 56.3 Å². The van der Waals surface area contributed by atoms with Crippen molar-refractivity contribution < 1.29 is 9.53 Å². The molecule has 3 heteroatoms. The fraction of sp³-hybridized carbons (Fsp3) is 0.316. The standard InChI is InChI=1S/C19H23NO2/c1-14(2)13-17(15-9-5-4-6-10-15)20-19(21)16-11-7-8-12-18(16)22-3/h4-12,14,17H,13H2,1-3H3,(H,20,21). The second kappa shape index (κ2) is 7.64. The number of amides is 1. The minimum atomic E-state index is -0.105. The highest BCUT2D eigenvalue weighted by atomic mass is 16.5. The molecule has 0 heterocycles. The van der Waals surface area contributed by atoms with Crippen molar-refractivity contribution in [1.29, 1.82) is 0 Å². The predicted molar refractivity (Wildman–Crippen MR) is 89.1 cm³/mol. The molecule has 0 radical (unpaired) electrons. The van der Waals surface area contributed by atoms with Crippen LogP contribution in [0.3, 0.4) is 0 Å². The molecule has 0 saturated carbocycles. The van der Waals surface area contributed by atoms with Gasteiger partial charge in [0, 0.05) is 0 Å². The first-order valence-corrected chi connectivity index (χ1v) is 7.60. The average Bonchev–Trinajstić information content (AvgIpc) is 2.54. The third kappa shape index (κ3) is 4.10. The molecule has 0 aromatic heterocycles. The number of hydrogen-bond donors (Lipinski definition) is 1. The molecule has 22 heavy (non-hydrogen) atoms. The molecule has 2 aromatic rings. The molecular formula is C19H23NO2. The van der Waals surface area contributed by atoms with Crippen LogP contribution in [0, 0.1) is 5.92 Å². The highest BCUT2D eigenvalue weighted by molar-refractivity contribution is 5.97. The van der Waals surface area contributed by atoms with E-state index in [-0.39, 0.29) is 11.9 Å². The van der Waals surface area contributed by atoms with Gasteiger partial charge in [-0.15, -0.1) is 0 Å². The van der Waals surface area contributed by atoms with E-state index < -0.39 is 0 Å². The van der Waals surface area contributed by atoms with Crippen LogP contribution in [-0.4, -0.2) is 13.0 Å². The Morgan fingerprint density at radius 3 is 2.32 bits per heavy atom. The molecule has 1 amide bonds. The third-order valence-electron chi connectivity index (χ3n) is 3.57. The molecule has 1 unspecified atom stereocenters. The van der Waals surface area contributed by atoms with E-state index in [0.717, 1.165) is 12.0 Å². The van der Waals surface area contributed by atoms with Gasteiger partial charge in [-0.3, -0.25) is 4.79 Å². The number of carbonyl (C=O) groups is 1. The molecule has 2 aromatic carbocycles. The highest BCUT2D eigenvalue weighted by Crippen LogP contribution is 2.23. The van der Waals surface area contributed by atoms with Gasteiger partial charge in [0.15, 0.2) is 0 Å². The van der Waals surface area contributed by atoms with Gasteiger partial charge in [-0.2, -0.15) is 0 Å². The second-order valence-electron chi connectivity index (χ2n) is 5.77. The summed E-state index contributed by atoms with van der Waals surface area (Å²) in [5.74, 6) is 0.978. The van der Waals surface area contributed by atoms with Gasteiger partial charge in [0.25, 0.3) is 5.91 Å². The molecule has 3 nitrogen and oxygen atoms in total. The van der Waals surface area contributed by atoms with Gasteiger partial charge in [0.05, 0.1) is 18.7 Å². The maximum atomic E-state index is 12.6. The zero-order valence-electron chi connectivity index (χ0n) is 13.4. The molecule has 0 aliphatic heterocycles. The Kier molecular flexibility index (Phi) is 5.59. The summed E-state index contributed by atoms with van der Waals surface area (Å²) < 4.78 is 5.27.